The number of nitrogens with one attached hydrogen (secondary N) is 2. The maximum Gasteiger partial charge on any atom is 0.230 e. The molecular weight excluding hydrogens is 319 g/mol. The van der Waals surface area contributed by atoms with Crippen molar-refractivity contribution >= 4 is 34.1 Å². The van der Waals surface area contributed by atoms with Gasteiger partial charge in [-0.05, 0) is 36.2 Å². The van der Waals surface area contributed by atoms with Crippen LogP contribution in [0.3, 0.4) is 0 Å². The molecule has 0 spiro atoms. The molecule has 1 aromatic heterocycles. The summed E-state index contributed by atoms with van der Waals surface area (Å²) in [7, 11) is 0. The van der Waals surface area contributed by atoms with E-state index in [0.29, 0.717) is 23.6 Å². The summed E-state index contributed by atoms with van der Waals surface area (Å²) in [4.78, 5) is 20.8. The Morgan fingerprint density at radius 2 is 1.96 bits per heavy atom. The van der Waals surface area contributed by atoms with E-state index in [-0.39, 0.29) is 5.91 Å². The Balaban J connectivity index is 1.69. The van der Waals surface area contributed by atoms with Crippen molar-refractivity contribution in [2.24, 2.45) is 5.41 Å². The van der Waals surface area contributed by atoms with E-state index in [1.54, 1.807) is 12.3 Å². The van der Waals surface area contributed by atoms with Crippen molar-refractivity contribution in [2.45, 2.75) is 20.3 Å². The highest BCUT2D eigenvalue weighted by atomic mass is 19.1. The third-order valence-electron chi connectivity index (χ3n) is 4.40. The predicted molar refractivity (Wildman–Crippen MR) is 95.3 cm³/mol. The second-order valence-corrected chi connectivity index (χ2v) is 6.87. The largest absolute Gasteiger partial charge is 0.337 e. The number of carbonyl (C=O) groups is 1. The monoisotopic (exact) mass is 336 g/mol. The van der Waals surface area contributed by atoms with Crippen LogP contribution in [-0.2, 0) is 11.2 Å². The van der Waals surface area contributed by atoms with E-state index < -0.39 is 11.2 Å². The molecule has 0 saturated heterocycles. The number of hydrogen-bond donors (Lipinski definition) is 2. The average Bonchev–Trinajstić information content (AvgIpc) is 2.57. The summed E-state index contributed by atoms with van der Waals surface area (Å²) >= 11 is 0. The smallest absolute Gasteiger partial charge is 0.230 e. The first kappa shape index (κ1) is 15.5. The quantitative estimate of drug-likeness (QED) is 0.741. The van der Waals surface area contributed by atoms with Crippen LogP contribution < -0.4 is 10.6 Å². The normalized spacial score (nSPS) is 15.6. The molecule has 0 aliphatic carbocycles. The Morgan fingerprint density at radius 3 is 2.76 bits per heavy atom. The summed E-state index contributed by atoms with van der Waals surface area (Å²) in [5, 5.41) is 5.76. The van der Waals surface area contributed by atoms with Crippen molar-refractivity contribution < 1.29 is 9.18 Å². The molecule has 0 bridgehead atoms. The maximum atomic E-state index is 14.4. The lowest BCUT2D eigenvalue weighted by Gasteiger charge is -2.30. The molecule has 126 valence electrons. The molecule has 0 unspecified atom stereocenters. The number of anilines is 3. The molecule has 1 aliphatic heterocycles. The highest BCUT2D eigenvalue weighted by molar-refractivity contribution is 5.98. The van der Waals surface area contributed by atoms with Crippen molar-refractivity contribution in [3.05, 3.63) is 54.0 Å². The second kappa shape index (κ2) is 5.51. The molecule has 0 fully saturated rings. The van der Waals surface area contributed by atoms with Crippen molar-refractivity contribution in [3.63, 3.8) is 0 Å². The lowest BCUT2D eigenvalue weighted by atomic mass is 9.81. The number of carbonyl (C=O) groups excluding carboxylic acids is 1. The first-order chi connectivity index (χ1) is 11.9. The second-order valence-electron chi connectivity index (χ2n) is 6.87. The van der Waals surface area contributed by atoms with E-state index in [1.807, 2.05) is 38.1 Å². The van der Waals surface area contributed by atoms with Crippen LogP contribution in [-0.4, -0.2) is 15.9 Å². The van der Waals surface area contributed by atoms with Crippen molar-refractivity contribution in [3.8, 4) is 0 Å². The van der Waals surface area contributed by atoms with E-state index in [2.05, 4.69) is 20.6 Å². The summed E-state index contributed by atoms with van der Waals surface area (Å²) in [6.07, 6.45) is 2.12. The summed E-state index contributed by atoms with van der Waals surface area (Å²) in [5.41, 5.74) is 2.72. The fourth-order valence-electron chi connectivity index (χ4n) is 2.98. The molecule has 2 N–H and O–H groups in total. The molecule has 0 saturated carbocycles. The van der Waals surface area contributed by atoms with E-state index in [1.165, 1.54) is 6.07 Å². The van der Waals surface area contributed by atoms with Gasteiger partial charge in [0.15, 0.2) is 0 Å². The van der Waals surface area contributed by atoms with Gasteiger partial charge in [0.25, 0.3) is 0 Å². The number of nitrogens with zero attached hydrogens (tertiary/aromatic N) is 2. The van der Waals surface area contributed by atoms with Gasteiger partial charge in [-0.15, -0.1) is 0 Å². The van der Waals surface area contributed by atoms with Gasteiger partial charge < -0.3 is 10.6 Å². The highest BCUT2D eigenvalue weighted by Gasteiger charge is 2.34. The topological polar surface area (TPSA) is 66.9 Å². The molecule has 1 amide bonds. The van der Waals surface area contributed by atoms with Gasteiger partial charge in [0.2, 0.25) is 5.91 Å². The van der Waals surface area contributed by atoms with E-state index in [0.717, 1.165) is 16.6 Å². The number of amides is 1. The molecule has 25 heavy (non-hydrogen) atoms. The van der Waals surface area contributed by atoms with Gasteiger partial charge in [-0.25, -0.2) is 9.37 Å². The summed E-state index contributed by atoms with van der Waals surface area (Å²) in [5.74, 6) is -0.0779. The summed E-state index contributed by atoms with van der Waals surface area (Å²) in [6, 6.07) is 10.6. The number of aromatic nitrogens is 2. The highest BCUT2D eigenvalue weighted by Crippen LogP contribution is 2.36. The molecule has 0 atom stereocenters. The van der Waals surface area contributed by atoms with Gasteiger partial charge >= 0.3 is 0 Å². The zero-order chi connectivity index (χ0) is 17.6. The van der Waals surface area contributed by atoms with Gasteiger partial charge in [0, 0.05) is 11.1 Å². The molecule has 5 nitrogen and oxygen atoms in total. The van der Waals surface area contributed by atoms with Crippen LogP contribution >= 0.6 is 0 Å². The van der Waals surface area contributed by atoms with Gasteiger partial charge in [0.1, 0.15) is 11.6 Å². The first-order valence-corrected chi connectivity index (χ1v) is 8.05. The standard InChI is InChI=1S/C19H17FN4O/c1-19(2)9-11-7-16(12(20)8-15(11)24-18(19)25)23-17-10-21-13-5-3-4-6-14(13)22-17/h3-8,10H,9H2,1-2H3,(H,22,23)(H,24,25). The Hall–Kier alpha value is -3.02. The van der Waals surface area contributed by atoms with E-state index >= 15 is 0 Å². The van der Waals surface area contributed by atoms with Crippen LogP contribution in [0.25, 0.3) is 11.0 Å². The van der Waals surface area contributed by atoms with Gasteiger partial charge in [-0.3, -0.25) is 9.78 Å². The van der Waals surface area contributed by atoms with E-state index in [9.17, 15) is 9.18 Å². The molecule has 6 heteroatoms. The molecule has 2 heterocycles. The van der Waals surface area contributed by atoms with E-state index in [4.69, 9.17) is 0 Å². The van der Waals surface area contributed by atoms with Gasteiger partial charge in [0.05, 0.1) is 22.9 Å². The predicted octanol–water partition coefficient (Wildman–Crippen LogP) is 4.03. The van der Waals surface area contributed by atoms with Crippen LogP contribution in [0.2, 0.25) is 0 Å². The number of benzene rings is 2. The number of para-hydroxylation sites is 2. The average molecular weight is 336 g/mol. The fourth-order valence-corrected chi connectivity index (χ4v) is 2.98. The zero-order valence-corrected chi connectivity index (χ0v) is 13.9. The lowest BCUT2D eigenvalue weighted by molar-refractivity contribution is -0.124. The van der Waals surface area contributed by atoms with Crippen LogP contribution in [0.15, 0.2) is 42.6 Å². The molecule has 4 rings (SSSR count). The Morgan fingerprint density at radius 1 is 1.20 bits per heavy atom. The van der Waals surface area contributed by atoms with Gasteiger partial charge in [-0.1, -0.05) is 26.0 Å². The summed E-state index contributed by atoms with van der Waals surface area (Å²) < 4.78 is 14.4. The fraction of sp³-hybridized carbons (Fsp3) is 0.211. The van der Waals surface area contributed by atoms with Crippen LogP contribution in [0.5, 0.6) is 0 Å². The first-order valence-electron chi connectivity index (χ1n) is 8.05. The van der Waals surface area contributed by atoms with Gasteiger partial charge in [-0.2, -0.15) is 0 Å². The van der Waals surface area contributed by atoms with Crippen LogP contribution in [0, 0.1) is 11.2 Å². The molecule has 1 aliphatic rings. The minimum Gasteiger partial charge on any atom is -0.337 e. The van der Waals surface area contributed by atoms with Crippen molar-refractivity contribution in [2.75, 3.05) is 10.6 Å². The maximum absolute atomic E-state index is 14.4. The number of hydrogen-bond acceptors (Lipinski definition) is 4. The van der Waals surface area contributed by atoms with Crippen LogP contribution in [0.1, 0.15) is 19.4 Å². The zero-order valence-electron chi connectivity index (χ0n) is 13.9. The molecule has 0 radical (unpaired) electrons. The lowest BCUT2D eigenvalue weighted by Crippen LogP contribution is -2.37. The number of rotatable bonds is 2. The minimum atomic E-state index is -0.523. The molecule has 3 aromatic rings. The molecular formula is C19H17FN4O. The Bertz CT molecular complexity index is 1000. The third kappa shape index (κ3) is 2.80. The molecule has 2 aromatic carbocycles. The number of halogens is 1. The third-order valence-corrected chi connectivity index (χ3v) is 4.40. The SMILES string of the molecule is CC1(C)Cc2cc(Nc3cnc4ccccc4n3)c(F)cc2NC1=O. The van der Waals surface area contributed by atoms with Crippen molar-refractivity contribution in [1.82, 2.24) is 9.97 Å². The Kier molecular flexibility index (Phi) is 3.42. The van der Waals surface area contributed by atoms with Crippen molar-refractivity contribution in [1.29, 1.82) is 0 Å². The number of fused-ring (bicyclic) bond motifs is 2. The Labute approximate surface area is 144 Å². The minimum absolute atomic E-state index is 0.0968. The van der Waals surface area contributed by atoms with Crippen LogP contribution in [0.4, 0.5) is 21.6 Å². The summed E-state index contributed by atoms with van der Waals surface area (Å²) in [6.45, 7) is 3.74.